The normalized spacial score (nSPS) is 20.4. The number of anilines is 1. The van der Waals surface area contributed by atoms with E-state index in [2.05, 4.69) is 20.8 Å². The van der Waals surface area contributed by atoms with Crippen LogP contribution in [0.3, 0.4) is 0 Å². The van der Waals surface area contributed by atoms with E-state index in [9.17, 15) is 10.1 Å². The van der Waals surface area contributed by atoms with Gasteiger partial charge in [-0.3, -0.25) is 10.1 Å². The van der Waals surface area contributed by atoms with Gasteiger partial charge < -0.3 is 10.6 Å². The number of benzene rings is 1. The molecule has 6 heteroatoms. The Morgan fingerprint density at radius 1 is 1.53 bits per heavy atom. The Bertz CT molecular complexity index is 439. The van der Waals surface area contributed by atoms with Gasteiger partial charge in [0.15, 0.2) is 0 Å². The third kappa shape index (κ3) is 2.76. The topological polar surface area (TPSA) is 72.4 Å². The monoisotopic (exact) mass is 299 g/mol. The molecule has 1 fully saturated rings. The van der Waals surface area contributed by atoms with Crippen LogP contribution in [0.2, 0.25) is 0 Å². The van der Waals surface area contributed by atoms with Gasteiger partial charge in [0.1, 0.15) is 0 Å². The lowest BCUT2D eigenvalue weighted by molar-refractivity contribution is -0.384. The first-order chi connectivity index (χ1) is 8.08. The highest BCUT2D eigenvalue weighted by Gasteiger charge is 2.20. The van der Waals surface area contributed by atoms with Crippen LogP contribution in [0.15, 0.2) is 22.7 Å². The van der Waals surface area contributed by atoms with Crippen LogP contribution in [-0.4, -0.2) is 24.1 Å². The molecule has 0 bridgehead atoms. The van der Waals surface area contributed by atoms with Crippen molar-refractivity contribution in [3.63, 3.8) is 0 Å². The smallest absolute Gasteiger partial charge is 0.270 e. The van der Waals surface area contributed by atoms with Gasteiger partial charge in [0, 0.05) is 35.7 Å². The van der Waals surface area contributed by atoms with Gasteiger partial charge >= 0.3 is 0 Å². The lowest BCUT2D eigenvalue weighted by atomic mass is 10.1. The number of nitro benzene ring substituents is 1. The highest BCUT2D eigenvalue weighted by molar-refractivity contribution is 9.10. The van der Waals surface area contributed by atoms with Gasteiger partial charge in [-0.05, 0) is 34.8 Å². The average molecular weight is 300 g/mol. The number of nitro groups is 1. The van der Waals surface area contributed by atoms with E-state index >= 15 is 0 Å². The van der Waals surface area contributed by atoms with Crippen LogP contribution >= 0.6 is 15.9 Å². The molecule has 2 rings (SSSR count). The summed E-state index contributed by atoms with van der Waals surface area (Å²) in [5.74, 6) is 0. The molecule has 1 aliphatic heterocycles. The highest BCUT2D eigenvalue weighted by Crippen LogP contribution is 2.31. The molecule has 0 radical (unpaired) electrons. The number of halogens is 1. The second-order valence-electron chi connectivity index (χ2n) is 4.24. The van der Waals surface area contributed by atoms with E-state index < -0.39 is 4.92 Å². The van der Waals surface area contributed by atoms with Crippen LogP contribution in [0.4, 0.5) is 11.4 Å². The summed E-state index contributed by atoms with van der Waals surface area (Å²) in [5.41, 5.74) is 7.00. The fourth-order valence-electron chi connectivity index (χ4n) is 2.09. The molecule has 0 aromatic heterocycles. The van der Waals surface area contributed by atoms with Crippen LogP contribution in [0.5, 0.6) is 0 Å². The number of nitrogens with zero attached hydrogens (tertiary/aromatic N) is 2. The van der Waals surface area contributed by atoms with Crippen molar-refractivity contribution in [2.75, 3.05) is 18.0 Å². The summed E-state index contributed by atoms with van der Waals surface area (Å²) in [6, 6.07) is 5.03. The summed E-state index contributed by atoms with van der Waals surface area (Å²) in [6.45, 7) is 1.75. The van der Waals surface area contributed by atoms with E-state index in [0.29, 0.717) is 0 Å². The molecular formula is C11H14BrN3O2. The number of non-ortho nitro benzene ring substituents is 1. The molecule has 1 aromatic rings. The van der Waals surface area contributed by atoms with Crippen molar-refractivity contribution in [2.45, 2.75) is 18.9 Å². The SMILES string of the molecule is N[C@@H]1CCCN(c2ccc([N+](=O)[O-])cc2Br)C1. The number of rotatable bonds is 2. The van der Waals surface area contributed by atoms with Crippen molar-refractivity contribution in [1.29, 1.82) is 0 Å². The van der Waals surface area contributed by atoms with Crippen LogP contribution in [0, 0.1) is 10.1 Å². The molecule has 0 unspecified atom stereocenters. The zero-order valence-corrected chi connectivity index (χ0v) is 10.9. The van der Waals surface area contributed by atoms with Crippen LogP contribution in [0.25, 0.3) is 0 Å². The molecule has 0 spiro atoms. The Morgan fingerprint density at radius 2 is 2.29 bits per heavy atom. The first-order valence-corrected chi connectivity index (χ1v) is 6.31. The molecule has 5 nitrogen and oxygen atoms in total. The zero-order chi connectivity index (χ0) is 12.4. The standard InChI is InChI=1S/C11H14BrN3O2/c12-10-6-9(15(16)17)3-4-11(10)14-5-1-2-8(13)7-14/h3-4,6,8H,1-2,5,7,13H2/t8-/m1/s1. The molecule has 1 heterocycles. The third-order valence-corrected chi connectivity index (χ3v) is 3.58. The summed E-state index contributed by atoms with van der Waals surface area (Å²) in [7, 11) is 0. The van der Waals surface area contributed by atoms with Gasteiger partial charge in [-0.25, -0.2) is 0 Å². The molecule has 0 amide bonds. The Morgan fingerprint density at radius 3 is 2.88 bits per heavy atom. The fourth-order valence-corrected chi connectivity index (χ4v) is 2.71. The maximum Gasteiger partial charge on any atom is 0.270 e. The van der Waals surface area contributed by atoms with E-state index in [-0.39, 0.29) is 11.7 Å². The van der Waals surface area contributed by atoms with Crippen molar-refractivity contribution in [3.05, 3.63) is 32.8 Å². The van der Waals surface area contributed by atoms with Gasteiger partial charge in [-0.15, -0.1) is 0 Å². The lowest BCUT2D eigenvalue weighted by Crippen LogP contribution is -2.42. The first kappa shape index (κ1) is 12.3. The largest absolute Gasteiger partial charge is 0.369 e. The first-order valence-electron chi connectivity index (χ1n) is 5.52. The summed E-state index contributed by atoms with van der Waals surface area (Å²) >= 11 is 3.38. The Labute approximate surface area is 108 Å². The molecule has 1 aliphatic rings. The molecular weight excluding hydrogens is 286 g/mol. The van der Waals surface area contributed by atoms with Gasteiger partial charge in [-0.1, -0.05) is 0 Å². The fraction of sp³-hybridized carbons (Fsp3) is 0.455. The van der Waals surface area contributed by atoms with Crippen molar-refractivity contribution in [2.24, 2.45) is 5.73 Å². The summed E-state index contributed by atoms with van der Waals surface area (Å²) in [5, 5.41) is 10.6. The van der Waals surface area contributed by atoms with Crippen LogP contribution in [0.1, 0.15) is 12.8 Å². The average Bonchev–Trinajstić information content (AvgIpc) is 2.28. The van der Waals surface area contributed by atoms with Crippen molar-refractivity contribution in [1.82, 2.24) is 0 Å². The Balaban J connectivity index is 2.23. The van der Waals surface area contributed by atoms with Gasteiger partial charge in [0.25, 0.3) is 5.69 Å². The number of hydrogen-bond donors (Lipinski definition) is 1. The molecule has 1 atom stereocenters. The van der Waals surface area contributed by atoms with Gasteiger partial charge in [0.05, 0.1) is 10.6 Å². The quantitative estimate of drug-likeness (QED) is 0.672. The summed E-state index contributed by atoms with van der Waals surface area (Å²) < 4.78 is 0.751. The number of hydrogen-bond acceptors (Lipinski definition) is 4. The predicted molar refractivity (Wildman–Crippen MR) is 70.2 cm³/mol. The van der Waals surface area contributed by atoms with Gasteiger partial charge in [-0.2, -0.15) is 0 Å². The van der Waals surface area contributed by atoms with Crippen molar-refractivity contribution < 1.29 is 4.92 Å². The zero-order valence-electron chi connectivity index (χ0n) is 9.30. The molecule has 1 saturated heterocycles. The predicted octanol–water partition coefficient (Wildman–Crippen LogP) is 2.28. The molecule has 1 aromatic carbocycles. The second kappa shape index (κ2) is 5.01. The number of piperidine rings is 1. The summed E-state index contributed by atoms with van der Waals surface area (Å²) in [4.78, 5) is 12.4. The molecule has 92 valence electrons. The molecule has 0 aliphatic carbocycles. The number of nitrogens with two attached hydrogens (primary N) is 1. The van der Waals surface area contributed by atoms with E-state index in [0.717, 1.165) is 36.1 Å². The Hall–Kier alpha value is -1.14. The highest BCUT2D eigenvalue weighted by atomic mass is 79.9. The van der Waals surface area contributed by atoms with Crippen molar-refractivity contribution in [3.8, 4) is 0 Å². The van der Waals surface area contributed by atoms with E-state index in [1.54, 1.807) is 6.07 Å². The van der Waals surface area contributed by atoms with E-state index in [1.165, 1.54) is 12.1 Å². The van der Waals surface area contributed by atoms with Crippen LogP contribution < -0.4 is 10.6 Å². The van der Waals surface area contributed by atoms with Crippen LogP contribution in [-0.2, 0) is 0 Å². The second-order valence-corrected chi connectivity index (χ2v) is 5.10. The minimum atomic E-state index is -0.392. The molecule has 17 heavy (non-hydrogen) atoms. The molecule has 0 saturated carbocycles. The van der Waals surface area contributed by atoms with E-state index in [1.807, 2.05) is 0 Å². The minimum Gasteiger partial charge on any atom is -0.369 e. The third-order valence-electron chi connectivity index (χ3n) is 2.94. The van der Waals surface area contributed by atoms with E-state index in [4.69, 9.17) is 5.73 Å². The molecule has 2 N–H and O–H groups in total. The maximum absolute atomic E-state index is 10.6. The van der Waals surface area contributed by atoms with Crippen molar-refractivity contribution >= 4 is 27.3 Å². The Kier molecular flexibility index (Phi) is 3.63. The summed E-state index contributed by atoms with van der Waals surface area (Å²) in [6.07, 6.45) is 2.10. The van der Waals surface area contributed by atoms with Gasteiger partial charge in [0.2, 0.25) is 0 Å². The lowest BCUT2D eigenvalue weighted by Gasteiger charge is -2.33. The maximum atomic E-state index is 10.6. The minimum absolute atomic E-state index is 0.0990.